The summed E-state index contributed by atoms with van der Waals surface area (Å²) in [5.74, 6) is 0. The molecule has 3 atom stereocenters. The fourth-order valence-electron chi connectivity index (χ4n) is 1.97. The van der Waals surface area contributed by atoms with Crippen molar-refractivity contribution < 1.29 is 19.3 Å². The Morgan fingerprint density at radius 2 is 1.89 bits per heavy atom. The average molecular weight is 270 g/mol. The predicted molar refractivity (Wildman–Crippen MR) is 74.9 cm³/mol. The Morgan fingerprint density at radius 3 is 2.47 bits per heavy atom. The Morgan fingerprint density at radius 1 is 1.21 bits per heavy atom. The van der Waals surface area contributed by atoms with Gasteiger partial charge in [0.05, 0.1) is 6.10 Å². The minimum absolute atomic E-state index is 0.132. The molecule has 0 bridgehead atoms. The van der Waals surface area contributed by atoms with Crippen LogP contribution in [0.15, 0.2) is 24.8 Å². The molecule has 0 radical (unpaired) electrons. The lowest BCUT2D eigenvalue weighted by atomic mass is 10.1. The summed E-state index contributed by atoms with van der Waals surface area (Å²) in [7, 11) is 0. The van der Waals surface area contributed by atoms with Gasteiger partial charge in [0.25, 0.3) is 0 Å². The molecule has 110 valence electrons. The Hall–Kier alpha value is -0.680. The van der Waals surface area contributed by atoms with Crippen LogP contribution in [0, 0.1) is 0 Å². The lowest BCUT2D eigenvalue weighted by Crippen LogP contribution is -2.28. The minimum atomic E-state index is -0.457. The van der Waals surface area contributed by atoms with Crippen LogP contribution in [-0.4, -0.2) is 42.9 Å². The number of rotatable bonds is 11. The average Bonchev–Trinajstić information content (AvgIpc) is 3.18. The molecule has 0 unspecified atom stereocenters. The molecule has 1 N–H and O–H groups in total. The molecular formula is C15H26O4. The smallest absolute Gasteiger partial charge is 0.186 e. The zero-order chi connectivity index (χ0) is 14.1. The summed E-state index contributed by atoms with van der Waals surface area (Å²) in [5, 5.41) is 10.0. The third-order valence-electron chi connectivity index (χ3n) is 2.97. The molecule has 4 heteroatoms. The van der Waals surface area contributed by atoms with Gasteiger partial charge in [-0.3, -0.25) is 0 Å². The molecule has 1 saturated heterocycles. The largest absolute Gasteiger partial charge is 0.390 e. The van der Waals surface area contributed by atoms with Crippen molar-refractivity contribution in [1.82, 2.24) is 0 Å². The van der Waals surface area contributed by atoms with Crippen LogP contribution in [-0.2, 0) is 14.2 Å². The fourth-order valence-corrected chi connectivity index (χ4v) is 1.97. The molecule has 1 rings (SSSR count). The van der Waals surface area contributed by atoms with Crippen LogP contribution in [0.1, 0.15) is 33.1 Å². The van der Waals surface area contributed by atoms with Gasteiger partial charge in [0.2, 0.25) is 0 Å². The van der Waals surface area contributed by atoms with E-state index in [1.54, 1.807) is 0 Å². The molecule has 0 saturated carbocycles. The van der Waals surface area contributed by atoms with Crippen molar-refractivity contribution >= 4 is 0 Å². The molecule has 0 aromatic rings. The van der Waals surface area contributed by atoms with Crippen molar-refractivity contribution in [3.8, 4) is 0 Å². The topological polar surface area (TPSA) is 51.2 Å². The highest BCUT2D eigenvalue weighted by atomic mass is 16.7. The Labute approximate surface area is 116 Å². The highest BCUT2D eigenvalue weighted by molar-refractivity contribution is 4.95. The first-order chi connectivity index (χ1) is 9.24. The van der Waals surface area contributed by atoms with Crippen molar-refractivity contribution in [2.45, 2.75) is 57.7 Å². The Bertz CT molecular complexity index is 271. The molecule has 4 nitrogen and oxygen atoms in total. The summed E-state index contributed by atoms with van der Waals surface area (Å²) in [6.45, 7) is 8.65. The van der Waals surface area contributed by atoms with E-state index in [2.05, 4.69) is 12.7 Å². The van der Waals surface area contributed by atoms with Gasteiger partial charge in [-0.15, -0.1) is 6.58 Å². The Balaban J connectivity index is 2.24. The number of hydrogen-bond acceptors (Lipinski definition) is 4. The summed E-state index contributed by atoms with van der Waals surface area (Å²) < 4.78 is 16.4. The summed E-state index contributed by atoms with van der Waals surface area (Å²) in [6.07, 6.45) is 7.27. The van der Waals surface area contributed by atoms with Gasteiger partial charge in [-0.1, -0.05) is 18.2 Å². The molecule has 1 aliphatic heterocycles. The minimum Gasteiger partial charge on any atom is -0.390 e. The van der Waals surface area contributed by atoms with E-state index in [1.807, 2.05) is 26.0 Å². The monoisotopic (exact) mass is 270 g/mol. The van der Waals surface area contributed by atoms with Crippen molar-refractivity contribution in [2.75, 3.05) is 13.2 Å². The van der Waals surface area contributed by atoms with Crippen LogP contribution in [0.4, 0.5) is 0 Å². The van der Waals surface area contributed by atoms with Crippen LogP contribution in [0.5, 0.6) is 0 Å². The number of epoxide rings is 1. The van der Waals surface area contributed by atoms with Crippen LogP contribution < -0.4 is 0 Å². The molecule has 1 heterocycles. The maximum absolute atomic E-state index is 10.0. The molecule has 1 fully saturated rings. The number of ether oxygens (including phenoxy) is 3. The third kappa shape index (κ3) is 5.87. The van der Waals surface area contributed by atoms with E-state index in [-0.39, 0.29) is 18.5 Å². The van der Waals surface area contributed by atoms with Crippen molar-refractivity contribution in [3.05, 3.63) is 24.8 Å². The van der Waals surface area contributed by atoms with Gasteiger partial charge in [0, 0.05) is 13.2 Å². The number of allylic oxidation sites excluding steroid dienone is 3. The summed E-state index contributed by atoms with van der Waals surface area (Å²) in [5.41, 5.74) is 0. The van der Waals surface area contributed by atoms with Gasteiger partial charge in [0.1, 0.15) is 12.2 Å². The van der Waals surface area contributed by atoms with Crippen LogP contribution in [0.2, 0.25) is 0 Å². The van der Waals surface area contributed by atoms with E-state index in [9.17, 15) is 5.11 Å². The summed E-state index contributed by atoms with van der Waals surface area (Å²) in [6, 6.07) is 0. The quantitative estimate of drug-likeness (QED) is 0.356. The molecule has 0 aliphatic carbocycles. The second kappa shape index (κ2) is 9.26. The fraction of sp³-hybridized carbons (Fsp3) is 0.733. The van der Waals surface area contributed by atoms with Crippen molar-refractivity contribution in [2.24, 2.45) is 0 Å². The molecule has 19 heavy (non-hydrogen) atoms. The maximum Gasteiger partial charge on any atom is 0.186 e. The molecule has 0 spiro atoms. The van der Waals surface area contributed by atoms with Crippen LogP contribution in [0.25, 0.3) is 0 Å². The van der Waals surface area contributed by atoms with E-state index < -0.39 is 6.10 Å². The SMILES string of the molecule is C=CC/C=C/CC[C@@H](O)[C@H]1O[C@H]1C(OCC)OCC. The first kappa shape index (κ1) is 16.4. The highest BCUT2D eigenvalue weighted by Crippen LogP contribution is 2.32. The van der Waals surface area contributed by atoms with Crippen LogP contribution in [0.3, 0.4) is 0 Å². The van der Waals surface area contributed by atoms with E-state index in [0.717, 1.165) is 12.8 Å². The van der Waals surface area contributed by atoms with E-state index in [4.69, 9.17) is 14.2 Å². The van der Waals surface area contributed by atoms with Gasteiger partial charge in [0.15, 0.2) is 6.29 Å². The molecule has 0 aromatic carbocycles. The second-order valence-corrected chi connectivity index (χ2v) is 4.48. The third-order valence-corrected chi connectivity index (χ3v) is 2.97. The van der Waals surface area contributed by atoms with E-state index >= 15 is 0 Å². The number of aliphatic hydroxyl groups excluding tert-OH is 1. The zero-order valence-electron chi connectivity index (χ0n) is 12.0. The van der Waals surface area contributed by atoms with Crippen LogP contribution >= 0.6 is 0 Å². The zero-order valence-corrected chi connectivity index (χ0v) is 12.0. The summed E-state index contributed by atoms with van der Waals surface area (Å²) >= 11 is 0. The van der Waals surface area contributed by atoms with Gasteiger partial charge in [-0.2, -0.15) is 0 Å². The standard InChI is InChI=1S/C15H26O4/c1-4-7-8-9-10-11-12(16)13-14(19-13)15(17-5-2)18-6-3/h4,8-9,12-16H,1,5-7,10-11H2,2-3H3/b9-8+/t12-,13-,14-/m1/s1. The van der Waals surface area contributed by atoms with E-state index in [1.165, 1.54) is 0 Å². The van der Waals surface area contributed by atoms with Gasteiger partial charge < -0.3 is 19.3 Å². The van der Waals surface area contributed by atoms with Crippen molar-refractivity contribution in [1.29, 1.82) is 0 Å². The molecule has 1 aliphatic rings. The van der Waals surface area contributed by atoms with Gasteiger partial charge in [-0.05, 0) is 33.1 Å². The summed E-state index contributed by atoms with van der Waals surface area (Å²) in [4.78, 5) is 0. The normalized spacial score (nSPS) is 24.0. The number of hydrogen-bond donors (Lipinski definition) is 1. The molecule has 0 amide bonds. The first-order valence-electron chi connectivity index (χ1n) is 7.07. The van der Waals surface area contributed by atoms with Gasteiger partial charge >= 0.3 is 0 Å². The van der Waals surface area contributed by atoms with E-state index in [0.29, 0.717) is 19.6 Å². The number of aliphatic hydroxyl groups is 1. The molecule has 0 aromatic heterocycles. The van der Waals surface area contributed by atoms with Crippen molar-refractivity contribution in [3.63, 3.8) is 0 Å². The predicted octanol–water partition coefficient (Wildman–Crippen LogP) is 2.43. The lowest BCUT2D eigenvalue weighted by molar-refractivity contribution is -0.147. The maximum atomic E-state index is 10.0. The highest BCUT2D eigenvalue weighted by Gasteiger charge is 2.50. The Kier molecular flexibility index (Phi) is 7.98. The first-order valence-corrected chi connectivity index (χ1v) is 7.07. The second-order valence-electron chi connectivity index (χ2n) is 4.48. The lowest BCUT2D eigenvalue weighted by Gasteiger charge is -2.15. The molecular weight excluding hydrogens is 244 g/mol. The van der Waals surface area contributed by atoms with Gasteiger partial charge in [-0.25, -0.2) is 0 Å².